The largest absolute Gasteiger partial charge is 0.444 e. The molecule has 15 nitrogen and oxygen atoms in total. The van der Waals surface area contributed by atoms with Crippen molar-refractivity contribution in [1.82, 2.24) is 26.2 Å². The molecule has 1 saturated heterocycles. The zero-order valence-corrected chi connectivity index (χ0v) is 29.7. The molecule has 6 N–H and O–H groups in total. The molecule has 16 heteroatoms. The van der Waals surface area contributed by atoms with Gasteiger partial charge in [-0.15, -0.1) is 6.58 Å². The maximum absolute atomic E-state index is 14.4. The monoisotopic (exact) mass is 698 g/mol. The lowest BCUT2D eigenvalue weighted by atomic mass is 9.70. The van der Waals surface area contributed by atoms with Gasteiger partial charge in [0.1, 0.15) is 18.2 Å². The summed E-state index contributed by atoms with van der Waals surface area (Å²) in [6, 6.07) is -4.26. The van der Waals surface area contributed by atoms with E-state index in [-0.39, 0.29) is 38.2 Å². The molecule has 1 aliphatic heterocycles. The van der Waals surface area contributed by atoms with Crippen LogP contribution in [0.2, 0.25) is 0 Å². The van der Waals surface area contributed by atoms with Crippen molar-refractivity contribution in [3.05, 3.63) is 12.7 Å². The number of carbonyl (C=O) groups excluding carboxylic acids is 6. The predicted octanol–water partition coefficient (Wildman–Crippen LogP) is 1.45. The molecule has 0 aromatic heterocycles. The fraction of sp³-hybridized carbons (Fsp3) is 0.750. The van der Waals surface area contributed by atoms with E-state index in [2.05, 4.69) is 27.8 Å². The Labute approximate surface area is 283 Å². The molecule has 0 spiro atoms. The number of ketones is 1. The van der Waals surface area contributed by atoms with Gasteiger partial charge in [0, 0.05) is 19.5 Å². The molecule has 6 amide bonds. The lowest BCUT2D eigenvalue weighted by Gasteiger charge is -2.42. The van der Waals surface area contributed by atoms with Crippen LogP contribution in [-0.2, 0) is 33.8 Å². The van der Waals surface area contributed by atoms with Gasteiger partial charge in [-0.3, -0.25) is 19.2 Å². The number of nitrogens with two attached hydrogens (primary N) is 1. The van der Waals surface area contributed by atoms with Crippen molar-refractivity contribution >= 4 is 45.5 Å². The molecule has 1 unspecified atom stereocenters. The van der Waals surface area contributed by atoms with E-state index >= 15 is 0 Å². The van der Waals surface area contributed by atoms with Crippen LogP contribution in [0, 0.1) is 5.41 Å². The number of rotatable bonds is 16. The van der Waals surface area contributed by atoms with Crippen LogP contribution in [0.4, 0.5) is 9.59 Å². The number of Topliss-reactive ketones (excluding diaryl/α,β-unsaturated/α-hetero) is 1. The molecular weight excluding hydrogens is 644 g/mol. The van der Waals surface area contributed by atoms with Gasteiger partial charge in [0.15, 0.2) is 9.84 Å². The summed E-state index contributed by atoms with van der Waals surface area (Å²) in [6.45, 7) is 11.7. The van der Waals surface area contributed by atoms with E-state index in [1.165, 1.54) is 11.0 Å². The quantitative estimate of drug-likeness (QED) is 0.116. The third-order valence-corrected chi connectivity index (χ3v) is 11.7. The molecule has 1 saturated carbocycles. The van der Waals surface area contributed by atoms with Crippen molar-refractivity contribution in [2.75, 3.05) is 25.4 Å². The average molecular weight is 699 g/mol. The summed E-state index contributed by atoms with van der Waals surface area (Å²) in [5.74, 6) is -3.37. The number of hydrogen-bond donors (Lipinski definition) is 5. The van der Waals surface area contributed by atoms with Crippen molar-refractivity contribution in [2.45, 2.75) is 121 Å². The van der Waals surface area contributed by atoms with Gasteiger partial charge in [-0.25, -0.2) is 18.0 Å². The SMILES string of the molecule is C=CCNC(=O)C(=O)C(CCCC)NC(=O)[C@@H]1C[C@@H](OC(N)=O)CN1C(=O)[C@@H](NC(=O)NCCS(=O)(=O)C(C)(C)C)C1(C)CCCCC1. The Morgan fingerprint density at radius 2 is 1.71 bits per heavy atom. The van der Waals surface area contributed by atoms with Gasteiger partial charge < -0.3 is 36.6 Å². The Bertz CT molecular complexity index is 1310. The van der Waals surface area contributed by atoms with Crippen LogP contribution in [0.1, 0.15) is 92.4 Å². The Balaban J connectivity index is 2.37. The highest BCUT2D eigenvalue weighted by Crippen LogP contribution is 2.40. The van der Waals surface area contributed by atoms with E-state index in [9.17, 15) is 37.2 Å². The van der Waals surface area contributed by atoms with Crippen LogP contribution in [0.5, 0.6) is 0 Å². The summed E-state index contributed by atoms with van der Waals surface area (Å²) >= 11 is 0. The second-order valence-corrected chi connectivity index (χ2v) is 16.7. The highest BCUT2D eigenvalue weighted by atomic mass is 32.2. The molecule has 0 radical (unpaired) electrons. The van der Waals surface area contributed by atoms with Crippen molar-refractivity contribution in [1.29, 1.82) is 0 Å². The molecule has 0 aromatic rings. The Morgan fingerprint density at radius 3 is 2.27 bits per heavy atom. The molecule has 2 rings (SSSR count). The first kappa shape index (κ1) is 40.5. The number of unbranched alkanes of at least 4 members (excludes halogenated alkanes) is 1. The van der Waals surface area contributed by atoms with Gasteiger partial charge in [-0.1, -0.05) is 52.0 Å². The van der Waals surface area contributed by atoms with E-state index in [1.54, 1.807) is 20.8 Å². The minimum atomic E-state index is -3.52. The standard InChI is InChI=1S/C32H54N6O9S/c1-7-9-13-22(24(39)27(41)34-16-8-2)36-26(40)23-19-21(47-29(33)43)20-38(23)28(42)25(32(6)14-11-10-12-15-32)37-30(44)35-17-18-48(45,46)31(3,4)5/h8,21-23,25H,2,7,9-20H2,1,3-6H3,(H2,33,43)(H,34,41)(H,36,40)(H2,35,37,44)/t21-,22?,23+,25-/m1/s1. The van der Waals surface area contributed by atoms with Crippen molar-refractivity contribution in [3.63, 3.8) is 0 Å². The Kier molecular flexibility index (Phi) is 14.9. The van der Waals surface area contributed by atoms with Crippen molar-refractivity contribution in [3.8, 4) is 0 Å². The highest BCUT2D eigenvalue weighted by molar-refractivity contribution is 7.92. The summed E-state index contributed by atoms with van der Waals surface area (Å²) in [4.78, 5) is 79.7. The molecular formula is C32H54N6O9S. The van der Waals surface area contributed by atoms with E-state index in [0.29, 0.717) is 25.7 Å². The van der Waals surface area contributed by atoms with Gasteiger partial charge in [0.05, 0.1) is 23.1 Å². The number of nitrogens with one attached hydrogen (secondary N) is 4. The number of urea groups is 1. The Hall–Kier alpha value is -3.69. The van der Waals surface area contributed by atoms with Crippen molar-refractivity contribution in [2.24, 2.45) is 11.1 Å². The maximum atomic E-state index is 14.4. The molecule has 1 heterocycles. The first-order valence-electron chi connectivity index (χ1n) is 16.6. The van der Waals surface area contributed by atoms with E-state index in [0.717, 1.165) is 19.3 Å². The van der Waals surface area contributed by atoms with Crippen LogP contribution in [0.15, 0.2) is 12.7 Å². The lowest BCUT2D eigenvalue weighted by Crippen LogP contribution is -2.61. The van der Waals surface area contributed by atoms with Gasteiger partial charge in [0.25, 0.3) is 5.91 Å². The summed E-state index contributed by atoms with van der Waals surface area (Å²) in [5, 5.41) is 10.4. The zero-order valence-electron chi connectivity index (χ0n) is 28.9. The number of likely N-dealkylation sites (tertiary alicyclic amines) is 1. The second kappa shape index (κ2) is 17.6. The number of sulfone groups is 1. The minimum Gasteiger partial charge on any atom is -0.444 e. The molecule has 48 heavy (non-hydrogen) atoms. The van der Waals surface area contributed by atoms with Gasteiger partial charge in [-0.05, 0) is 45.4 Å². The number of ether oxygens (including phenoxy) is 1. The third-order valence-electron chi connectivity index (χ3n) is 9.05. The van der Waals surface area contributed by atoms with Crippen LogP contribution in [0.3, 0.4) is 0 Å². The van der Waals surface area contributed by atoms with Gasteiger partial charge >= 0.3 is 12.1 Å². The number of primary amides is 1. The van der Waals surface area contributed by atoms with Crippen molar-refractivity contribution < 1.29 is 41.9 Å². The average Bonchev–Trinajstić information content (AvgIpc) is 3.42. The topological polar surface area (TPSA) is 223 Å². The van der Waals surface area contributed by atoms with E-state index < -0.39 is 79.9 Å². The molecule has 2 aliphatic rings. The van der Waals surface area contributed by atoms with E-state index in [4.69, 9.17) is 10.5 Å². The number of carbonyl (C=O) groups is 6. The molecule has 4 atom stereocenters. The third kappa shape index (κ3) is 11.2. The van der Waals surface area contributed by atoms with Gasteiger partial charge in [0.2, 0.25) is 17.6 Å². The highest BCUT2D eigenvalue weighted by Gasteiger charge is 2.49. The summed E-state index contributed by atoms with van der Waals surface area (Å²) < 4.78 is 29.3. The van der Waals surface area contributed by atoms with Gasteiger partial charge in [-0.2, -0.15) is 0 Å². The fourth-order valence-corrected chi connectivity index (χ4v) is 7.01. The van der Waals surface area contributed by atoms with Crippen LogP contribution >= 0.6 is 0 Å². The number of hydrogen-bond acceptors (Lipinski definition) is 9. The second-order valence-electron chi connectivity index (χ2n) is 13.8. The predicted molar refractivity (Wildman–Crippen MR) is 179 cm³/mol. The normalized spacial score (nSPS) is 20.5. The maximum Gasteiger partial charge on any atom is 0.404 e. The summed E-state index contributed by atoms with van der Waals surface area (Å²) in [7, 11) is -3.52. The minimum absolute atomic E-state index is 0.0587. The molecule has 0 aromatic carbocycles. The first-order valence-corrected chi connectivity index (χ1v) is 18.3. The van der Waals surface area contributed by atoms with Crippen LogP contribution in [0.25, 0.3) is 0 Å². The van der Waals surface area contributed by atoms with Crippen LogP contribution in [-0.4, -0.2) is 103 Å². The van der Waals surface area contributed by atoms with Crippen LogP contribution < -0.4 is 27.0 Å². The fourth-order valence-electron chi connectivity index (χ4n) is 6.03. The molecule has 0 bridgehead atoms. The molecule has 1 aliphatic carbocycles. The lowest BCUT2D eigenvalue weighted by molar-refractivity contribution is -0.144. The zero-order chi connectivity index (χ0) is 36.3. The number of amides is 6. The smallest absolute Gasteiger partial charge is 0.404 e. The Morgan fingerprint density at radius 1 is 1.06 bits per heavy atom. The molecule has 2 fully saturated rings. The number of nitrogens with zero attached hydrogens (tertiary/aromatic N) is 1. The van der Waals surface area contributed by atoms with E-state index in [1.807, 2.05) is 13.8 Å². The summed E-state index contributed by atoms with van der Waals surface area (Å²) in [6.07, 6.45) is 4.40. The summed E-state index contributed by atoms with van der Waals surface area (Å²) in [5.41, 5.74) is 4.55. The first-order chi connectivity index (χ1) is 22.4. The molecule has 272 valence electrons.